The van der Waals surface area contributed by atoms with Crippen molar-refractivity contribution >= 4 is 5.91 Å². The summed E-state index contributed by atoms with van der Waals surface area (Å²) in [5.74, 6) is -0.597. The zero-order chi connectivity index (χ0) is 10.5. The number of carbonyl (C=O) groups is 1. The molecule has 5 heteroatoms. The Morgan fingerprint density at radius 1 is 1.38 bits per heavy atom. The summed E-state index contributed by atoms with van der Waals surface area (Å²) in [6, 6.07) is 0. The molecule has 0 aliphatic rings. The van der Waals surface area contributed by atoms with E-state index in [0.717, 1.165) is 5.57 Å². The second kappa shape index (κ2) is 4.89. The lowest BCUT2D eigenvalue weighted by Crippen LogP contribution is -2.33. The van der Waals surface area contributed by atoms with E-state index in [9.17, 15) is 18.0 Å². The van der Waals surface area contributed by atoms with E-state index in [4.69, 9.17) is 0 Å². The highest BCUT2D eigenvalue weighted by molar-refractivity contribution is 5.76. The Labute approximate surface area is 74.8 Å². The van der Waals surface area contributed by atoms with E-state index in [-0.39, 0.29) is 6.42 Å². The van der Waals surface area contributed by atoms with Crippen LogP contribution in [0.3, 0.4) is 0 Å². The average molecular weight is 195 g/mol. The maximum Gasteiger partial charge on any atom is 0.405 e. The molecule has 0 aliphatic carbocycles. The zero-order valence-corrected chi connectivity index (χ0v) is 7.37. The summed E-state index contributed by atoms with van der Waals surface area (Å²) in [7, 11) is 0. The fraction of sp³-hybridized carbons (Fsp3) is 0.625. The molecule has 0 saturated carbocycles. The molecule has 0 fully saturated rings. The highest BCUT2D eigenvalue weighted by atomic mass is 19.4. The van der Waals surface area contributed by atoms with Crippen LogP contribution in [-0.4, -0.2) is 18.6 Å². The van der Waals surface area contributed by atoms with E-state index in [1.165, 1.54) is 0 Å². The van der Waals surface area contributed by atoms with Gasteiger partial charge in [-0.1, -0.05) is 5.57 Å². The SMILES string of the molecule is C=C(C)CCC(=O)NCC(F)(F)F. The Kier molecular flexibility index (Phi) is 4.51. The van der Waals surface area contributed by atoms with Crippen LogP contribution in [0, 0.1) is 0 Å². The predicted molar refractivity (Wildman–Crippen MR) is 43.1 cm³/mol. The van der Waals surface area contributed by atoms with Crippen LogP contribution in [0.2, 0.25) is 0 Å². The number of hydrogen-bond acceptors (Lipinski definition) is 1. The molecule has 1 amide bonds. The molecule has 0 saturated heterocycles. The summed E-state index contributed by atoms with van der Waals surface area (Å²) in [4.78, 5) is 10.7. The Morgan fingerprint density at radius 2 is 1.92 bits per heavy atom. The van der Waals surface area contributed by atoms with Crippen molar-refractivity contribution in [2.24, 2.45) is 0 Å². The van der Waals surface area contributed by atoms with Crippen LogP contribution in [0.5, 0.6) is 0 Å². The Balaban J connectivity index is 3.58. The van der Waals surface area contributed by atoms with Crippen LogP contribution in [0.4, 0.5) is 13.2 Å². The molecule has 13 heavy (non-hydrogen) atoms. The molecule has 0 aliphatic heterocycles. The van der Waals surface area contributed by atoms with Gasteiger partial charge in [0.05, 0.1) is 0 Å². The van der Waals surface area contributed by atoms with Gasteiger partial charge in [0.15, 0.2) is 0 Å². The van der Waals surface area contributed by atoms with Crippen LogP contribution >= 0.6 is 0 Å². The van der Waals surface area contributed by atoms with Gasteiger partial charge in [0.2, 0.25) is 5.91 Å². The highest BCUT2D eigenvalue weighted by Gasteiger charge is 2.27. The number of hydrogen-bond donors (Lipinski definition) is 1. The third-order valence-electron chi connectivity index (χ3n) is 1.26. The Bertz CT molecular complexity index is 198. The molecule has 0 heterocycles. The highest BCUT2D eigenvalue weighted by Crippen LogP contribution is 2.12. The first-order chi connectivity index (χ1) is 5.81. The van der Waals surface area contributed by atoms with Gasteiger partial charge in [-0.2, -0.15) is 13.2 Å². The number of nitrogens with one attached hydrogen (secondary N) is 1. The van der Waals surface area contributed by atoms with Crippen molar-refractivity contribution in [2.45, 2.75) is 25.9 Å². The summed E-state index contributed by atoms with van der Waals surface area (Å²) in [5, 5.41) is 1.77. The number of rotatable bonds is 4. The molecular formula is C8H12F3NO. The molecule has 0 aromatic heterocycles. The number of amides is 1. The lowest BCUT2D eigenvalue weighted by molar-refractivity contribution is -0.138. The minimum Gasteiger partial charge on any atom is -0.347 e. The topological polar surface area (TPSA) is 29.1 Å². The van der Waals surface area contributed by atoms with E-state index in [1.807, 2.05) is 0 Å². The fourth-order valence-electron chi connectivity index (χ4n) is 0.614. The van der Waals surface area contributed by atoms with Crippen molar-refractivity contribution in [1.82, 2.24) is 5.32 Å². The van der Waals surface area contributed by atoms with E-state index < -0.39 is 18.6 Å². The number of alkyl halides is 3. The van der Waals surface area contributed by atoms with Crippen molar-refractivity contribution in [1.29, 1.82) is 0 Å². The van der Waals surface area contributed by atoms with Crippen LogP contribution in [-0.2, 0) is 4.79 Å². The molecule has 0 aromatic carbocycles. The normalized spacial score (nSPS) is 11.1. The fourth-order valence-corrected chi connectivity index (χ4v) is 0.614. The second-order valence-corrected chi connectivity index (χ2v) is 2.85. The van der Waals surface area contributed by atoms with Gasteiger partial charge in [0.1, 0.15) is 6.54 Å². The van der Waals surface area contributed by atoms with Gasteiger partial charge < -0.3 is 5.32 Å². The summed E-state index contributed by atoms with van der Waals surface area (Å²) in [5.41, 5.74) is 0.780. The molecule has 2 nitrogen and oxygen atoms in total. The van der Waals surface area contributed by atoms with E-state index in [0.29, 0.717) is 6.42 Å². The number of carbonyl (C=O) groups excluding carboxylic acids is 1. The lowest BCUT2D eigenvalue weighted by atomic mass is 10.2. The van der Waals surface area contributed by atoms with E-state index in [1.54, 1.807) is 12.2 Å². The molecule has 0 rings (SSSR count). The molecule has 0 radical (unpaired) electrons. The van der Waals surface area contributed by atoms with Gasteiger partial charge in [-0.3, -0.25) is 4.79 Å². The van der Waals surface area contributed by atoms with Gasteiger partial charge in [-0.05, 0) is 13.3 Å². The smallest absolute Gasteiger partial charge is 0.347 e. The predicted octanol–water partition coefficient (Wildman–Crippen LogP) is 2.02. The third kappa shape index (κ3) is 8.91. The molecule has 0 unspecified atom stereocenters. The number of halogens is 3. The second-order valence-electron chi connectivity index (χ2n) is 2.85. The van der Waals surface area contributed by atoms with Crippen molar-refractivity contribution in [3.8, 4) is 0 Å². The van der Waals surface area contributed by atoms with Crippen molar-refractivity contribution in [2.75, 3.05) is 6.54 Å². The first kappa shape index (κ1) is 12.0. The van der Waals surface area contributed by atoms with Gasteiger partial charge in [-0.25, -0.2) is 0 Å². The van der Waals surface area contributed by atoms with Crippen molar-refractivity contribution in [3.63, 3.8) is 0 Å². The van der Waals surface area contributed by atoms with Gasteiger partial charge in [0.25, 0.3) is 0 Å². The molecule has 0 bridgehead atoms. The minimum atomic E-state index is -4.33. The van der Waals surface area contributed by atoms with Gasteiger partial charge in [0, 0.05) is 6.42 Å². The monoisotopic (exact) mass is 195 g/mol. The summed E-state index contributed by atoms with van der Waals surface area (Å²) >= 11 is 0. The van der Waals surface area contributed by atoms with Crippen LogP contribution < -0.4 is 5.32 Å². The zero-order valence-electron chi connectivity index (χ0n) is 7.37. The Hall–Kier alpha value is -1.00. The molecule has 1 N–H and O–H groups in total. The van der Waals surface area contributed by atoms with Crippen molar-refractivity contribution in [3.05, 3.63) is 12.2 Å². The maximum absolute atomic E-state index is 11.6. The molecule has 76 valence electrons. The van der Waals surface area contributed by atoms with Crippen LogP contribution in [0.1, 0.15) is 19.8 Å². The largest absolute Gasteiger partial charge is 0.405 e. The summed E-state index contributed by atoms with van der Waals surface area (Å²) < 4.78 is 34.7. The first-order valence-corrected chi connectivity index (χ1v) is 3.79. The molecule has 0 atom stereocenters. The molecule has 0 spiro atoms. The number of allylic oxidation sites excluding steroid dienone is 1. The minimum absolute atomic E-state index is 0.0609. The summed E-state index contributed by atoms with van der Waals surface area (Å²) in [6.45, 7) is 3.99. The van der Waals surface area contributed by atoms with Gasteiger partial charge >= 0.3 is 6.18 Å². The molecule has 0 aromatic rings. The third-order valence-corrected chi connectivity index (χ3v) is 1.26. The maximum atomic E-state index is 11.6. The average Bonchev–Trinajstić information content (AvgIpc) is 1.95. The van der Waals surface area contributed by atoms with E-state index >= 15 is 0 Å². The van der Waals surface area contributed by atoms with Crippen LogP contribution in [0.25, 0.3) is 0 Å². The Morgan fingerprint density at radius 3 is 2.31 bits per heavy atom. The summed E-state index contributed by atoms with van der Waals surface area (Å²) in [6.07, 6.45) is -3.85. The first-order valence-electron chi connectivity index (χ1n) is 3.79. The van der Waals surface area contributed by atoms with Crippen molar-refractivity contribution < 1.29 is 18.0 Å². The quantitative estimate of drug-likeness (QED) is 0.683. The standard InChI is InChI=1S/C8H12F3NO/c1-6(2)3-4-7(13)12-5-8(9,10)11/h1,3-5H2,2H3,(H,12,13). The molecular weight excluding hydrogens is 183 g/mol. The van der Waals surface area contributed by atoms with E-state index in [2.05, 4.69) is 6.58 Å². The van der Waals surface area contributed by atoms with Crippen LogP contribution in [0.15, 0.2) is 12.2 Å². The van der Waals surface area contributed by atoms with Gasteiger partial charge in [-0.15, -0.1) is 6.58 Å². The lowest BCUT2D eigenvalue weighted by Gasteiger charge is -2.07.